The summed E-state index contributed by atoms with van der Waals surface area (Å²) in [5, 5.41) is 23.3. The third-order valence-corrected chi connectivity index (χ3v) is 5.60. The number of nitro groups is 1. The van der Waals surface area contributed by atoms with Crippen LogP contribution < -0.4 is 10.1 Å². The van der Waals surface area contributed by atoms with Crippen LogP contribution in [0.2, 0.25) is 15.1 Å². The van der Waals surface area contributed by atoms with Gasteiger partial charge in [0.05, 0.1) is 11.5 Å². The molecule has 0 bridgehead atoms. The van der Waals surface area contributed by atoms with Gasteiger partial charge < -0.3 is 10.1 Å². The molecule has 0 radical (unpaired) electrons. The Balaban J connectivity index is 1.41. The average Bonchev–Trinajstić information content (AvgIpc) is 3.42. The van der Waals surface area contributed by atoms with Crippen LogP contribution in [0.25, 0.3) is 0 Å². The average molecular weight is 522 g/mol. The van der Waals surface area contributed by atoms with Gasteiger partial charge in [-0.3, -0.25) is 19.6 Å². The second-order valence-corrected chi connectivity index (χ2v) is 8.14. The Morgan fingerprint density at radius 3 is 2.47 bits per heavy atom. The minimum atomic E-state index is -0.549. The number of benzene rings is 2. The van der Waals surface area contributed by atoms with Crippen molar-refractivity contribution in [2.75, 3.05) is 5.32 Å². The van der Waals surface area contributed by atoms with Crippen molar-refractivity contribution < 1.29 is 14.5 Å². The first-order chi connectivity index (χ1) is 16.3. The highest BCUT2D eigenvalue weighted by atomic mass is 35.5. The van der Waals surface area contributed by atoms with Gasteiger partial charge in [-0.15, -0.1) is 0 Å². The summed E-state index contributed by atoms with van der Waals surface area (Å²) >= 11 is 18.6. The maximum atomic E-state index is 12.6. The molecule has 1 N–H and O–H groups in total. The third kappa shape index (κ3) is 5.30. The van der Waals surface area contributed by atoms with Gasteiger partial charge in [0, 0.05) is 34.1 Å². The van der Waals surface area contributed by atoms with E-state index in [0.717, 1.165) is 0 Å². The van der Waals surface area contributed by atoms with E-state index >= 15 is 0 Å². The molecule has 0 aliphatic rings. The summed E-state index contributed by atoms with van der Waals surface area (Å²) in [6.07, 6.45) is 3.04. The van der Waals surface area contributed by atoms with Crippen LogP contribution in [0.1, 0.15) is 16.1 Å². The van der Waals surface area contributed by atoms with E-state index in [9.17, 15) is 14.9 Å². The Morgan fingerprint density at radius 2 is 1.74 bits per heavy atom. The molecule has 34 heavy (non-hydrogen) atoms. The SMILES string of the molecule is O=C(Nc1nn(Cc2c(Cl)cccc2Cl)cc1Cl)c1ccn(COc2ccccc2[N+](=O)[O-])n1. The maximum absolute atomic E-state index is 12.6. The Hall–Kier alpha value is -3.60. The predicted octanol–water partition coefficient (Wildman–Crippen LogP) is 5.29. The summed E-state index contributed by atoms with van der Waals surface area (Å²) in [5.74, 6) is -0.321. The number of rotatable bonds is 8. The molecule has 0 spiro atoms. The minimum Gasteiger partial charge on any atom is -0.464 e. The number of nitrogens with one attached hydrogen (secondary N) is 1. The van der Waals surface area contributed by atoms with Gasteiger partial charge in [0.25, 0.3) is 5.91 Å². The van der Waals surface area contributed by atoms with Crippen LogP contribution in [0.3, 0.4) is 0 Å². The quantitative estimate of drug-likeness (QED) is 0.249. The zero-order chi connectivity index (χ0) is 24.2. The summed E-state index contributed by atoms with van der Waals surface area (Å²) in [7, 11) is 0. The molecule has 0 aliphatic carbocycles. The fourth-order valence-electron chi connectivity index (χ4n) is 3.00. The Bertz CT molecular complexity index is 1350. The van der Waals surface area contributed by atoms with Crippen molar-refractivity contribution in [1.29, 1.82) is 0 Å². The topological polar surface area (TPSA) is 117 Å². The van der Waals surface area contributed by atoms with Crippen LogP contribution in [0.5, 0.6) is 5.75 Å². The highest BCUT2D eigenvalue weighted by Crippen LogP contribution is 2.28. The normalized spacial score (nSPS) is 10.8. The van der Waals surface area contributed by atoms with E-state index in [1.54, 1.807) is 24.3 Å². The molecule has 2 aromatic carbocycles. The number of carbonyl (C=O) groups is 1. The van der Waals surface area contributed by atoms with Crippen molar-refractivity contribution >= 4 is 52.2 Å². The Labute approximate surface area is 207 Å². The van der Waals surface area contributed by atoms with Crippen LogP contribution in [-0.4, -0.2) is 30.4 Å². The van der Waals surface area contributed by atoms with Crippen LogP contribution in [0.15, 0.2) is 60.9 Å². The standard InChI is InChI=1S/C21H15Cl3N6O4/c22-14-4-3-5-15(23)13(14)10-29-11-16(24)20(27-29)25-21(31)17-8-9-28(26-17)12-34-19-7-2-1-6-18(19)30(32)33/h1-9,11H,10,12H2,(H,25,27,31). The lowest BCUT2D eigenvalue weighted by Gasteiger charge is -2.07. The zero-order valence-corrected chi connectivity index (χ0v) is 19.5. The molecule has 4 aromatic rings. The summed E-state index contributed by atoms with van der Waals surface area (Å²) < 4.78 is 8.29. The molecule has 2 heterocycles. The summed E-state index contributed by atoms with van der Waals surface area (Å²) in [6.45, 7) is 0.123. The highest BCUT2D eigenvalue weighted by molar-refractivity contribution is 6.36. The zero-order valence-electron chi connectivity index (χ0n) is 17.2. The summed E-state index contributed by atoms with van der Waals surface area (Å²) in [4.78, 5) is 23.1. The van der Waals surface area contributed by atoms with Gasteiger partial charge in [-0.05, 0) is 24.3 Å². The molecule has 0 unspecified atom stereocenters. The molecule has 2 aromatic heterocycles. The lowest BCUT2D eigenvalue weighted by atomic mass is 10.2. The predicted molar refractivity (Wildman–Crippen MR) is 127 cm³/mol. The number of nitrogens with zero attached hydrogens (tertiary/aromatic N) is 5. The lowest BCUT2D eigenvalue weighted by Crippen LogP contribution is -2.15. The number of ether oxygens (including phenoxy) is 1. The highest BCUT2D eigenvalue weighted by Gasteiger charge is 2.17. The van der Waals surface area contributed by atoms with E-state index in [1.165, 1.54) is 46.0 Å². The van der Waals surface area contributed by atoms with Crippen LogP contribution in [0.4, 0.5) is 11.5 Å². The van der Waals surface area contributed by atoms with E-state index in [-0.39, 0.29) is 41.2 Å². The van der Waals surface area contributed by atoms with E-state index in [2.05, 4.69) is 15.5 Å². The molecule has 0 aliphatic heterocycles. The summed E-state index contributed by atoms with van der Waals surface area (Å²) in [5.41, 5.74) is 0.571. The Kier molecular flexibility index (Phi) is 7.01. The number of hydrogen-bond acceptors (Lipinski definition) is 6. The van der Waals surface area contributed by atoms with Crippen molar-refractivity contribution in [2.24, 2.45) is 0 Å². The molecule has 174 valence electrons. The molecular formula is C21H15Cl3N6O4. The first kappa shape index (κ1) is 23.6. The summed E-state index contributed by atoms with van der Waals surface area (Å²) in [6, 6.07) is 12.6. The first-order valence-corrected chi connectivity index (χ1v) is 10.8. The fraction of sp³-hybridized carbons (Fsp3) is 0.0952. The number of para-hydroxylation sites is 2. The number of nitro benzene ring substituents is 1. The van der Waals surface area contributed by atoms with Gasteiger partial charge in [-0.2, -0.15) is 10.2 Å². The van der Waals surface area contributed by atoms with Crippen molar-refractivity contribution in [3.8, 4) is 5.75 Å². The van der Waals surface area contributed by atoms with Gasteiger partial charge in [0.1, 0.15) is 5.02 Å². The van der Waals surface area contributed by atoms with Gasteiger partial charge >= 0.3 is 5.69 Å². The molecular weight excluding hydrogens is 507 g/mol. The van der Waals surface area contributed by atoms with E-state index in [0.29, 0.717) is 15.6 Å². The molecule has 0 saturated heterocycles. The molecule has 1 amide bonds. The van der Waals surface area contributed by atoms with Crippen LogP contribution in [0, 0.1) is 10.1 Å². The molecule has 0 saturated carbocycles. The van der Waals surface area contributed by atoms with Crippen molar-refractivity contribution in [3.05, 3.63) is 97.4 Å². The van der Waals surface area contributed by atoms with Gasteiger partial charge in [0.2, 0.25) is 0 Å². The molecule has 4 rings (SSSR count). The lowest BCUT2D eigenvalue weighted by molar-refractivity contribution is -0.386. The Morgan fingerprint density at radius 1 is 1.00 bits per heavy atom. The minimum absolute atomic E-state index is 0.0749. The number of aromatic nitrogens is 4. The monoisotopic (exact) mass is 520 g/mol. The number of halogens is 3. The third-order valence-electron chi connectivity index (χ3n) is 4.62. The smallest absolute Gasteiger partial charge is 0.311 e. The van der Waals surface area contributed by atoms with Gasteiger partial charge in [-0.1, -0.05) is 53.0 Å². The van der Waals surface area contributed by atoms with Crippen LogP contribution >= 0.6 is 34.8 Å². The second-order valence-electron chi connectivity index (χ2n) is 6.92. The largest absolute Gasteiger partial charge is 0.464 e. The maximum Gasteiger partial charge on any atom is 0.311 e. The van der Waals surface area contributed by atoms with Gasteiger partial charge in [0.15, 0.2) is 24.0 Å². The number of anilines is 1. The van der Waals surface area contributed by atoms with E-state index < -0.39 is 10.8 Å². The molecule has 10 nitrogen and oxygen atoms in total. The second kappa shape index (κ2) is 10.1. The van der Waals surface area contributed by atoms with Crippen molar-refractivity contribution in [1.82, 2.24) is 19.6 Å². The number of carbonyl (C=O) groups excluding carboxylic acids is 1. The van der Waals surface area contributed by atoms with Gasteiger partial charge in [-0.25, -0.2) is 4.68 Å². The molecule has 0 fully saturated rings. The fourth-order valence-corrected chi connectivity index (χ4v) is 3.71. The molecule has 13 heteroatoms. The van der Waals surface area contributed by atoms with E-state index in [4.69, 9.17) is 39.5 Å². The van der Waals surface area contributed by atoms with Crippen LogP contribution in [-0.2, 0) is 13.3 Å². The van der Waals surface area contributed by atoms with Crippen molar-refractivity contribution in [2.45, 2.75) is 13.3 Å². The first-order valence-electron chi connectivity index (χ1n) is 9.68. The van der Waals surface area contributed by atoms with E-state index in [1.807, 2.05) is 0 Å². The number of hydrogen-bond donors (Lipinski definition) is 1. The number of amides is 1. The van der Waals surface area contributed by atoms with Crippen molar-refractivity contribution in [3.63, 3.8) is 0 Å². The molecule has 0 atom stereocenters.